The van der Waals surface area contributed by atoms with Gasteiger partial charge in [0, 0.05) is 55.6 Å². The summed E-state index contributed by atoms with van der Waals surface area (Å²) >= 11 is 0. The zero-order chi connectivity index (χ0) is 94.2. The fraction of sp³-hybridized carbons (Fsp3) is 0. The van der Waals surface area contributed by atoms with Gasteiger partial charge in [-0.25, -0.2) is 44.9 Å². The quantitative estimate of drug-likeness (QED) is 0.105. The van der Waals surface area contributed by atoms with Gasteiger partial charge in [-0.05, 0) is 237 Å². The Morgan fingerprint density at radius 3 is 0.662 bits per heavy atom. The molecule has 9 heteroatoms. The lowest BCUT2D eigenvalue weighted by Gasteiger charge is -2.16. The van der Waals surface area contributed by atoms with Crippen LogP contribution in [0.3, 0.4) is 0 Å². The van der Waals surface area contributed by atoms with Crippen molar-refractivity contribution in [2.24, 2.45) is 0 Å². The Balaban J connectivity index is 0.000000112. The second kappa shape index (κ2) is 37.2. The molecule has 3 heterocycles. The number of fused-ring (bicyclic) bond motifs is 10. The molecule has 0 saturated heterocycles. The molecule has 0 radical (unpaired) electrons. The Labute approximate surface area is 820 Å². The topological polar surface area (TPSA) is 116 Å². The van der Waals surface area contributed by atoms with Crippen LogP contribution in [-0.2, 0) is 0 Å². The highest BCUT2D eigenvalue weighted by atomic mass is 15.1. The van der Waals surface area contributed by atoms with Crippen molar-refractivity contribution in [3.63, 3.8) is 0 Å². The molecule has 0 atom stereocenters. The molecule has 0 aliphatic heterocycles. The van der Waals surface area contributed by atoms with Crippen LogP contribution in [0.4, 0.5) is 0 Å². The zero-order valence-electron chi connectivity index (χ0n) is 77.1. The molecule has 27 aromatic rings. The number of aromatic nitrogens is 9. The molecular formula is C133H85N9. The number of hydrogen-bond acceptors (Lipinski definition) is 9. The molecule has 142 heavy (non-hydrogen) atoms. The highest BCUT2D eigenvalue weighted by Gasteiger charge is 2.24. The SMILES string of the molecule is c1ccc(-c2ccc(-c3cc(-c4nc(-c5ccc6ccccc6c5)nc(-c5ccc6ccccc6c5)n4)cc4ccccc34)cc2)cc1.c1ccc(-c2cccc(-c3c(-c4nc(-c5ccc6ccccc6c5)nc(-c5ccc6ccccc6c5)n4)ccc4ccccc34)c2)cc1.c1ccc2cc(-c3nc(-c4ccc5ccccc5c4)nc(-c4cc(-c5ccc6ccccc6c5)c5ccccc5c4)n3)ccc2c1. The number of rotatable bonds is 14. The van der Waals surface area contributed by atoms with Crippen molar-refractivity contribution in [2.75, 3.05) is 0 Å². The van der Waals surface area contributed by atoms with Gasteiger partial charge in [0.05, 0.1) is 0 Å². The van der Waals surface area contributed by atoms with E-state index in [0.29, 0.717) is 52.4 Å². The van der Waals surface area contributed by atoms with Crippen LogP contribution in [0, 0.1) is 0 Å². The first-order valence-electron chi connectivity index (χ1n) is 47.9. The third kappa shape index (κ3) is 17.1. The van der Waals surface area contributed by atoms with Crippen LogP contribution in [0.1, 0.15) is 0 Å². The predicted octanol–water partition coefficient (Wildman–Crippen LogP) is 34.5. The Hall–Kier alpha value is -19.1. The van der Waals surface area contributed by atoms with Gasteiger partial charge < -0.3 is 0 Å². The number of benzene rings is 24. The molecule has 9 nitrogen and oxygen atoms in total. The van der Waals surface area contributed by atoms with Crippen LogP contribution in [0.5, 0.6) is 0 Å². The van der Waals surface area contributed by atoms with Crippen LogP contribution in [-0.4, -0.2) is 44.9 Å². The first-order valence-corrected chi connectivity index (χ1v) is 47.9. The van der Waals surface area contributed by atoms with E-state index in [1.807, 2.05) is 6.07 Å². The fourth-order valence-electron chi connectivity index (χ4n) is 19.7. The summed E-state index contributed by atoms with van der Waals surface area (Å²) in [6, 6.07) is 181. The van der Waals surface area contributed by atoms with Crippen molar-refractivity contribution in [2.45, 2.75) is 0 Å². The van der Waals surface area contributed by atoms with E-state index >= 15 is 0 Å². The summed E-state index contributed by atoms with van der Waals surface area (Å²) in [6.45, 7) is 0. The smallest absolute Gasteiger partial charge is 0.164 e. The molecule has 24 aromatic carbocycles. The monoisotopic (exact) mass is 1810 g/mol. The fourth-order valence-corrected chi connectivity index (χ4v) is 19.7. The molecule has 0 N–H and O–H groups in total. The van der Waals surface area contributed by atoms with E-state index in [0.717, 1.165) is 137 Å². The highest BCUT2D eigenvalue weighted by molar-refractivity contribution is 6.07. The molecule has 0 aliphatic rings. The molecule has 0 aliphatic carbocycles. The average molecular weight is 1810 g/mol. The van der Waals surface area contributed by atoms with Crippen molar-refractivity contribution in [3.05, 3.63) is 516 Å². The van der Waals surface area contributed by atoms with E-state index < -0.39 is 0 Å². The summed E-state index contributed by atoms with van der Waals surface area (Å²) in [5, 5.41) is 23.4. The second-order valence-electron chi connectivity index (χ2n) is 35.9. The summed E-state index contributed by atoms with van der Waals surface area (Å²) in [5.41, 5.74) is 20.1. The first-order chi connectivity index (χ1) is 70.3. The summed E-state index contributed by atoms with van der Waals surface area (Å²) in [5.74, 6) is 5.82. The van der Waals surface area contributed by atoms with Crippen LogP contribution in [0.25, 0.3) is 266 Å². The number of hydrogen-bond donors (Lipinski definition) is 0. The van der Waals surface area contributed by atoms with Gasteiger partial charge in [0.1, 0.15) is 0 Å². The maximum absolute atomic E-state index is 5.22. The van der Waals surface area contributed by atoms with Gasteiger partial charge in [0.15, 0.2) is 52.4 Å². The maximum Gasteiger partial charge on any atom is 0.164 e. The minimum atomic E-state index is 0.641. The standard InChI is InChI=1S/2C45H29N3.C43H27N3/c1-2-11-30(12-3-1)36-18-10-19-37(27-36)42-40-20-9-8-15-33(40)25-26-41(42)45-47-43(38-23-21-31-13-4-6-16-34(31)28-38)46-44(48-45)39-24-22-32-14-5-7-17-35(32)29-39;1-2-10-30(11-3-1)33-18-22-34(23-19-33)42-29-40(28-37-16-8-9-17-41(37)42)45-47-43(38-24-20-31-12-4-6-14-35(31)26-38)46-44(48-45)39-25-21-32-13-5-7-15-36(32)27-39;1-4-12-31-23-35(20-17-28(31)9-1)40-27-38(26-34-15-7-8-16-39(34)40)43-45-41(36-21-18-29-10-2-5-13-32(29)24-36)44-42(46-43)37-22-19-30-11-3-6-14-33(30)25-37/h2*1-29H;1-27H. The molecular weight excluding hydrogens is 1720 g/mol. The molecule has 0 bridgehead atoms. The zero-order valence-corrected chi connectivity index (χ0v) is 77.1. The average Bonchev–Trinajstić information content (AvgIpc) is 0.755. The molecule has 0 amide bonds. The van der Waals surface area contributed by atoms with E-state index in [-0.39, 0.29) is 0 Å². The van der Waals surface area contributed by atoms with Gasteiger partial charge in [-0.2, -0.15) is 0 Å². The van der Waals surface area contributed by atoms with Crippen molar-refractivity contribution in [1.82, 2.24) is 44.9 Å². The Kier molecular flexibility index (Phi) is 22.2. The van der Waals surface area contributed by atoms with Gasteiger partial charge in [-0.3, -0.25) is 0 Å². The molecule has 662 valence electrons. The molecule has 3 aromatic heterocycles. The summed E-state index contributed by atoms with van der Waals surface area (Å²) in [6.07, 6.45) is 0. The lowest BCUT2D eigenvalue weighted by molar-refractivity contribution is 1.08. The van der Waals surface area contributed by atoms with Crippen LogP contribution < -0.4 is 0 Å². The molecule has 0 saturated carbocycles. The van der Waals surface area contributed by atoms with Gasteiger partial charge in [0.25, 0.3) is 0 Å². The first kappa shape index (κ1) is 84.6. The van der Waals surface area contributed by atoms with Crippen molar-refractivity contribution < 1.29 is 0 Å². The maximum atomic E-state index is 5.22. The molecule has 0 spiro atoms. The summed E-state index contributed by atoms with van der Waals surface area (Å²) in [4.78, 5) is 46.2. The Morgan fingerprint density at radius 2 is 0.310 bits per heavy atom. The Bertz CT molecular complexity index is 9290. The van der Waals surface area contributed by atoms with Crippen LogP contribution >= 0.6 is 0 Å². The van der Waals surface area contributed by atoms with Gasteiger partial charge in [0.2, 0.25) is 0 Å². The normalized spacial score (nSPS) is 11.4. The number of nitrogens with zero attached hydrogens (tertiary/aromatic N) is 9. The van der Waals surface area contributed by atoms with Crippen molar-refractivity contribution in [3.8, 4) is 158 Å². The van der Waals surface area contributed by atoms with E-state index in [9.17, 15) is 0 Å². The third-order valence-corrected chi connectivity index (χ3v) is 27.0. The minimum absolute atomic E-state index is 0.641. The third-order valence-electron chi connectivity index (χ3n) is 27.0. The van der Waals surface area contributed by atoms with E-state index in [1.54, 1.807) is 0 Å². The molecule has 27 rings (SSSR count). The molecule has 0 fully saturated rings. The van der Waals surface area contributed by atoms with E-state index in [1.165, 1.54) is 75.9 Å². The van der Waals surface area contributed by atoms with Gasteiger partial charge >= 0.3 is 0 Å². The second-order valence-corrected chi connectivity index (χ2v) is 35.9. The lowest BCUT2D eigenvalue weighted by atomic mass is 9.91. The van der Waals surface area contributed by atoms with Crippen LogP contribution in [0.2, 0.25) is 0 Å². The molecule has 0 unspecified atom stereocenters. The summed E-state index contributed by atoms with van der Waals surface area (Å²) < 4.78 is 0. The minimum Gasteiger partial charge on any atom is -0.208 e. The van der Waals surface area contributed by atoms with Gasteiger partial charge in [-0.1, -0.05) is 437 Å². The van der Waals surface area contributed by atoms with E-state index in [2.05, 4.69) is 510 Å². The van der Waals surface area contributed by atoms with Crippen molar-refractivity contribution in [1.29, 1.82) is 0 Å². The van der Waals surface area contributed by atoms with E-state index in [4.69, 9.17) is 44.9 Å². The summed E-state index contributed by atoms with van der Waals surface area (Å²) in [7, 11) is 0. The van der Waals surface area contributed by atoms with Gasteiger partial charge in [-0.15, -0.1) is 0 Å². The highest BCUT2D eigenvalue weighted by Crippen LogP contribution is 2.44. The lowest BCUT2D eigenvalue weighted by Crippen LogP contribution is -2.01. The Morgan fingerprint density at radius 1 is 0.0915 bits per heavy atom. The van der Waals surface area contributed by atoms with Crippen LogP contribution in [0.15, 0.2) is 516 Å². The predicted molar refractivity (Wildman–Crippen MR) is 591 cm³/mol. The van der Waals surface area contributed by atoms with Crippen molar-refractivity contribution >= 4 is 108 Å². The largest absolute Gasteiger partial charge is 0.208 e.